The van der Waals surface area contributed by atoms with Crippen molar-refractivity contribution in [3.63, 3.8) is 0 Å². The number of carbonyl (C=O) groups excluding carboxylic acids is 3. The molecule has 1 atom stereocenters. The Morgan fingerprint density at radius 3 is 2.58 bits per heavy atom. The van der Waals surface area contributed by atoms with Gasteiger partial charge in [-0.1, -0.05) is 29.5 Å². The van der Waals surface area contributed by atoms with Gasteiger partial charge in [0, 0.05) is 5.56 Å². The molecule has 1 fully saturated rings. The lowest BCUT2D eigenvalue weighted by Gasteiger charge is -2.23. The SMILES string of the molecule is CCOC(=O)c1sc(N2C(=O)C(=O)/C(=C(/O)c3cccc(OCC)c3)C2c2ccc(O)c(OC)c2)nc1C. The number of ether oxygens (including phenoxy) is 3. The molecule has 1 amide bonds. The predicted molar refractivity (Wildman–Crippen MR) is 140 cm³/mol. The summed E-state index contributed by atoms with van der Waals surface area (Å²) in [6.07, 6.45) is 0. The van der Waals surface area contributed by atoms with Crippen LogP contribution in [0.4, 0.5) is 5.13 Å². The first-order chi connectivity index (χ1) is 18.2. The Morgan fingerprint density at radius 1 is 1.13 bits per heavy atom. The maximum absolute atomic E-state index is 13.4. The molecule has 10 nitrogen and oxygen atoms in total. The van der Waals surface area contributed by atoms with Crippen molar-refractivity contribution in [2.24, 2.45) is 0 Å². The molecule has 0 radical (unpaired) electrons. The van der Waals surface area contributed by atoms with Crippen molar-refractivity contribution >= 4 is 39.9 Å². The number of ketones is 1. The van der Waals surface area contributed by atoms with Gasteiger partial charge >= 0.3 is 11.9 Å². The number of thiazole rings is 1. The van der Waals surface area contributed by atoms with Crippen molar-refractivity contribution in [1.29, 1.82) is 0 Å². The van der Waals surface area contributed by atoms with Crippen LogP contribution in [0.2, 0.25) is 0 Å². The number of carbonyl (C=O) groups is 3. The Labute approximate surface area is 222 Å². The Hall–Kier alpha value is -4.38. The van der Waals surface area contributed by atoms with Crippen LogP contribution in [0, 0.1) is 6.92 Å². The highest BCUT2D eigenvalue weighted by molar-refractivity contribution is 7.17. The van der Waals surface area contributed by atoms with E-state index in [2.05, 4.69) is 4.98 Å². The smallest absolute Gasteiger partial charge is 0.350 e. The molecule has 0 aliphatic carbocycles. The zero-order valence-corrected chi connectivity index (χ0v) is 22.0. The molecule has 1 aliphatic rings. The number of anilines is 1. The maximum Gasteiger partial charge on any atom is 0.350 e. The van der Waals surface area contributed by atoms with Gasteiger partial charge in [0.05, 0.1) is 37.6 Å². The Bertz CT molecular complexity index is 1440. The minimum atomic E-state index is -1.14. The molecule has 0 spiro atoms. The minimum absolute atomic E-state index is 0.0758. The summed E-state index contributed by atoms with van der Waals surface area (Å²) in [6.45, 7) is 5.64. The number of aryl methyl sites for hydroxylation is 1. The number of hydrogen-bond donors (Lipinski definition) is 2. The molecule has 198 valence electrons. The van der Waals surface area contributed by atoms with Crippen molar-refractivity contribution in [2.75, 3.05) is 25.2 Å². The molecule has 1 aromatic heterocycles. The van der Waals surface area contributed by atoms with Crippen LogP contribution in [0.3, 0.4) is 0 Å². The van der Waals surface area contributed by atoms with Crippen molar-refractivity contribution in [3.8, 4) is 17.2 Å². The largest absolute Gasteiger partial charge is 0.507 e. The monoisotopic (exact) mass is 538 g/mol. The summed E-state index contributed by atoms with van der Waals surface area (Å²) in [5.74, 6) is -2.45. The molecule has 1 aliphatic heterocycles. The number of aliphatic hydroxyl groups excluding tert-OH is 1. The van der Waals surface area contributed by atoms with Crippen LogP contribution in [0.5, 0.6) is 17.2 Å². The first-order valence-corrected chi connectivity index (χ1v) is 12.6. The van der Waals surface area contributed by atoms with E-state index in [1.165, 1.54) is 25.3 Å². The normalized spacial score (nSPS) is 16.5. The summed E-state index contributed by atoms with van der Waals surface area (Å²) < 4.78 is 15.8. The lowest BCUT2D eigenvalue weighted by molar-refractivity contribution is -0.132. The van der Waals surface area contributed by atoms with E-state index in [1.807, 2.05) is 6.92 Å². The predicted octanol–water partition coefficient (Wildman–Crippen LogP) is 4.37. The number of amides is 1. The number of phenolic OH excluding ortho intramolecular Hbond substituents is 1. The first-order valence-electron chi connectivity index (χ1n) is 11.8. The molecule has 0 saturated carbocycles. The van der Waals surface area contributed by atoms with E-state index < -0.39 is 29.5 Å². The third-order valence-electron chi connectivity index (χ3n) is 5.83. The van der Waals surface area contributed by atoms with Crippen LogP contribution < -0.4 is 14.4 Å². The zero-order valence-electron chi connectivity index (χ0n) is 21.2. The number of phenols is 1. The number of aromatic nitrogens is 1. The van der Waals surface area contributed by atoms with E-state index in [1.54, 1.807) is 38.1 Å². The minimum Gasteiger partial charge on any atom is -0.507 e. The molecule has 1 saturated heterocycles. The van der Waals surface area contributed by atoms with E-state index >= 15 is 0 Å². The van der Waals surface area contributed by atoms with E-state index in [-0.39, 0.29) is 39.3 Å². The fourth-order valence-corrected chi connectivity index (χ4v) is 5.12. The molecular formula is C27H26N2O8S. The third-order valence-corrected chi connectivity index (χ3v) is 6.97. The van der Waals surface area contributed by atoms with Gasteiger partial charge in [-0.2, -0.15) is 0 Å². The topological polar surface area (TPSA) is 135 Å². The van der Waals surface area contributed by atoms with Gasteiger partial charge in [0.25, 0.3) is 5.78 Å². The average molecular weight is 539 g/mol. The van der Waals surface area contributed by atoms with E-state index in [0.29, 0.717) is 23.6 Å². The van der Waals surface area contributed by atoms with Gasteiger partial charge in [0.2, 0.25) is 0 Å². The number of hydrogen-bond acceptors (Lipinski definition) is 10. The molecule has 2 aromatic carbocycles. The van der Waals surface area contributed by atoms with E-state index in [0.717, 1.165) is 16.2 Å². The molecule has 0 bridgehead atoms. The fourth-order valence-electron chi connectivity index (χ4n) is 4.14. The molecule has 1 unspecified atom stereocenters. The number of methoxy groups -OCH3 is 1. The standard InChI is InChI=1S/C27H26N2O8S/c1-5-36-17-9-7-8-16(12-17)22(31)20-21(15-10-11-18(30)19(13-15)35-4)29(25(33)23(20)32)27-28-14(3)24(38-27)26(34)37-6-2/h7-13,21,30-31H,5-6H2,1-4H3/b22-20+. The molecule has 2 N–H and O–H groups in total. The lowest BCUT2D eigenvalue weighted by Crippen LogP contribution is -2.29. The quantitative estimate of drug-likeness (QED) is 0.185. The highest BCUT2D eigenvalue weighted by atomic mass is 32.1. The summed E-state index contributed by atoms with van der Waals surface area (Å²) in [5.41, 5.74) is 0.776. The summed E-state index contributed by atoms with van der Waals surface area (Å²) in [6, 6.07) is 9.72. The van der Waals surface area contributed by atoms with Crippen molar-refractivity contribution < 1.29 is 38.8 Å². The number of benzene rings is 2. The van der Waals surface area contributed by atoms with Crippen molar-refractivity contribution in [2.45, 2.75) is 26.8 Å². The van der Waals surface area contributed by atoms with Crippen LogP contribution in [-0.4, -0.2) is 53.2 Å². The Morgan fingerprint density at radius 2 is 1.89 bits per heavy atom. The second-order valence-electron chi connectivity index (χ2n) is 8.19. The summed E-state index contributed by atoms with van der Waals surface area (Å²) in [4.78, 5) is 45.0. The van der Waals surface area contributed by atoms with Gasteiger partial charge in [-0.15, -0.1) is 0 Å². The number of rotatable bonds is 8. The second-order valence-corrected chi connectivity index (χ2v) is 9.17. The number of nitrogens with zero attached hydrogens (tertiary/aromatic N) is 2. The van der Waals surface area contributed by atoms with Crippen LogP contribution >= 0.6 is 11.3 Å². The van der Waals surface area contributed by atoms with Gasteiger partial charge in [-0.05, 0) is 50.6 Å². The second kappa shape index (κ2) is 10.9. The molecule has 3 aromatic rings. The molecule has 11 heteroatoms. The van der Waals surface area contributed by atoms with Crippen LogP contribution in [-0.2, 0) is 14.3 Å². The van der Waals surface area contributed by atoms with Crippen LogP contribution in [0.15, 0.2) is 48.0 Å². The Balaban J connectivity index is 1.93. The number of aromatic hydroxyl groups is 1. The molecular weight excluding hydrogens is 512 g/mol. The van der Waals surface area contributed by atoms with Gasteiger partial charge in [-0.3, -0.25) is 14.5 Å². The van der Waals surface area contributed by atoms with Crippen molar-refractivity contribution in [3.05, 3.63) is 69.7 Å². The summed E-state index contributed by atoms with van der Waals surface area (Å²) >= 11 is 0.903. The van der Waals surface area contributed by atoms with Gasteiger partial charge in [0.15, 0.2) is 16.6 Å². The fraction of sp³-hybridized carbons (Fsp3) is 0.259. The average Bonchev–Trinajstić information content (AvgIpc) is 3.41. The number of esters is 1. The first kappa shape index (κ1) is 26.7. The van der Waals surface area contributed by atoms with Crippen LogP contribution in [0.25, 0.3) is 5.76 Å². The molecule has 38 heavy (non-hydrogen) atoms. The van der Waals surface area contributed by atoms with E-state index in [4.69, 9.17) is 14.2 Å². The van der Waals surface area contributed by atoms with Gasteiger partial charge in [-0.25, -0.2) is 9.78 Å². The van der Waals surface area contributed by atoms with Gasteiger partial charge in [0.1, 0.15) is 16.4 Å². The number of aliphatic hydroxyl groups is 1. The summed E-state index contributed by atoms with van der Waals surface area (Å²) in [5, 5.41) is 21.6. The van der Waals surface area contributed by atoms with Gasteiger partial charge < -0.3 is 24.4 Å². The van der Waals surface area contributed by atoms with Crippen molar-refractivity contribution in [1.82, 2.24) is 4.98 Å². The highest BCUT2D eigenvalue weighted by Gasteiger charge is 2.48. The molecule has 4 rings (SSSR count). The molecule has 2 heterocycles. The lowest BCUT2D eigenvalue weighted by atomic mass is 9.95. The van der Waals surface area contributed by atoms with E-state index in [9.17, 15) is 24.6 Å². The third kappa shape index (κ3) is 4.80. The summed E-state index contributed by atoms with van der Waals surface area (Å²) in [7, 11) is 1.37. The highest BCUT2D eigenvalue weighted by Crippen LogP contribution is 2.45. The zero-order chi connectivity index (χ0) is 27.6. The Kier molecular flexibility index (Phi) is 7.67. The number of Topliss-reactive ketones (excluding diaryl/α,β-unsaturated/α-hetero) is 1. The van der Waals surface area contributed by atoms with Crippen LogP contribution in [0.1, 0.15) is 46.4 Å². The maximum atomic E-state index is 13.4.